The minimum atomic E-state index is 0.697. The van der Waals surface area contributed by atoms with Crippen LogP contribution in [0.1, 0.15) is 22.8 Å². The summed E-state index contributed by atoms with van der Waals surface area (Å²) in [4.78, 5) is 18.8. The Bertz CT molecular complexity index is 1220. The van der Waals surface area contributed by atoms with Crippen molar-refractivity contribution < 1.29 is 4.42 Å². The van der Waals surface area contributed by atoms with Crippen LogP contribution < -0.4 is 4.90 Å². The first-order valence-corrected chi connectivity index (χ1v) is 10.8. The average molecular weight is 414 g/mol. The van der Waals surface area contributed by atoms with Gasteiger partial charge in [-0.15, -0.1) is 0 Å². The van der Waals surface area contributed by atoms with Gasteiger partial charge < -0.3 is 9.32 Å². The van der Waals surface area contributed by atoms with E-state index in [2.05, 4.69) is 57.2 Å². The molecule has 3 heterocycles. The predicted molar refractivity (Wildman–Crippen MR) is 123 cm³/mol. The van der Waals surface area contributed by atoms with Crippen molar-refractivity contribution in [1.29, 1.82) is 0 Å². The third kappa shape index (κ3) is 4.03. The van der Waals surface area contributed by atoms with Gasteiger partial charge in [0.25, 0.3) is 0 Å². The number of aryl methyl sites for hydroxylation is 3. The van der Waals surface area contributed by atoms with Crippen LogP contribution in [0.3, 0.4) is 0 Å². The highest BCUT2D eigenvalue weighted by molar-refractivity contribution is 5.86. The Morgan fingerprint density at radius 3 is 2.48 bits per heavy atom. The van der Waals surface area contributed by atoms with E-state index >= 15 is 0 Å². The molecule has 1 aliphatic heterocycles. The molecule has 0 unspecified atom stereocenters. The molecular weight excluding hydrogens is 386 g/mol. The van der Waals surface area contributed by atoms with Crippen LogP contribution in [0.25, 0.3) is 22.2 Å². The molecule has 0 amide bonds. The second-order valence-electron chi connectivity index (χ2n) is 8.27. The van der Waals surface area contributed by atoms with Crippen molar-refractivity contribution in [1.82, 2.24) is 19.9 Å². The van der Waals surface area contributed by atoms with Crippen molar-refractivity contribution in [3.63, 3.8) is 0 Å². The first-order chi connectivity index (χ1) is 15.1. The van der Waals surface area contributed by atoms with Gasteiger partial charge in [-0.2, -0.15) is 0 Å². The fraction of sp³-hybridized carbons (Fsp3) is 0.320. The molecule has 0 bridgehead atoms. The van der Waals surface area contributed by atoms with E-state index in [0.29, 0.717) is 5.89 Å². The van der Waals surface area contributed by atoms with Gasteiger partial charge in [-0.25, -0.2) is 9.97 Å². The number of hydrogen-bond donors (Lipinski definition) is 0. The Labute approximate surface area is 182 Å². The van der Waals surface area contributed by atoms with Gasteiger partial charge in [0.05, 0.1) is 17.1 Å². The topological polar surface area (TPSA) is 58.3 Å². The molecule has 0 N–H and O–H groups in total. The smallest absolute Gasteiger partial charge is 0.226 e. The van der Waals surface area contributed by atoms with Crippen LogP contribution in [-0.2, 0) is 6.54 Å². The number of fused-ring (bicyclic) bond motifs is 1. The fourth-order valence-electron chi connectivity index (χ4n) is 4.17. The van der Waals surface area contributed by atoms with Gasteiger partial charge in [0.15, 0.2) is 0 Å². The summed E-state index contributed by atoms with van der Waals surface area (Å²) in [6.45, 7) is 10.6. The standard InChI is InChI=1S/C25H27N5O/c1-17-15-26-18(2)24(27-17)30-12-10-29(11-13-30)16-23-19(3)31-25(28-23)22-9-8-20-6-4-5-7-21(20)14-22/h4-9,14-15H,10-13,16H2,1-3H3. The number of rotatable bonds is 4. The van der Waals surface area contributed by atoms with Gasteiger partial charge in [0, 0.05) is 44.5 Å². The molecule has 4 aromatic rings. The molecule has 0 aliphatic carbocycles. The van der Waals surface area contributed by atoms with Crippen LogP contribution in [0.5, 0.6) is 0 Å². The Hall–Kier alpha value is -3.25. The lowest BCUT2D eigenvalue weighted by Gasteiger charge is -2.35. The first kappa shape index (κ1) is 19.7. The van der Waals surface area contributed by atoms with Crippen LogP contribution in [0.2, 0.25) is 0 Å². The van der Waals surface area contributed by atoms with Crippen molar-refractivity contribution >= 4 is 16.6 Å². The highest BCUT2D eigenvalue weighted by atomic mass is 16.4. The normalized spacial score (nSPS) is 15.0. The van der Waals surface area contributed by atoms with Gasteiger partial charge in [-0.3, -0.25) is 9.88 Å². The van der Waals surface area contributed by atoms with E-state index in [1.165, 1.54) is 10.8 Å². The molecule has 2 aromatic carbocycles. The predicted octanol–water partition coefficient (Wildman–Crippen LogP) is 4.53. The van der Waals surface area contributed by atoms with Crippen LogP contribution in [-0.4, -0.2) is 46.0 Å². The molecule has 0 saturated carbocycles. The summed E-state index contributed by atoms with van der Waals surface area (Å²) in [6, 6.07) is 14.7. The van der Waals surface area contributed by atoms with Crippen LogP contribution in [0.4, 0.5) is 5.82 Å². The molecule has 0 spiro atoms. The molecule has 0 atom stereocenters. The van der Waals surface area contributed by atoms with Crippen molar-refractivity contribution in [2.45, 2.75) is 27.3 Å². The SMILES string of the molecule is Cc1cnc(C)c(N2CCN(Cc3nc(-c4ccc5ccccc5c4)oc3C)CC2)n1. The molecular formula is C25H27N5O. The molecule has 1 fully saturated rings. The summed E-state index contributed by atoms with van der Waals surface area (Å²) in [6.07, 6.45) is 1.83. The second kappa shape index (κ2) is 8.12. The van der Waals surface area contributed by atoms with E-state index in [9.17, 15) is 0 Å². The van der Waals surface area contributed by atoms with E-state index in [-0.39, 0.29) is 0 Å². The largest absolute Gasteiger partial charge is 0.441 e. The highest BCUT2D eigenvalue weighted by Gasteiger charge is 2.22. The van der Waals surface area contributed by atoms with Gasteiger partial charge in [0.1, 0.15) is 11.6 Å². The number of piperazine rings is 1. The summed E-state index contributed by atoms with van der Waals surface area (Å²) >= 11 is 0. The fourth-order valence-corrected chi connectivity index (χ4v) is 4.17. The maximum absolute atomic E-state index is 6.04. The molecule has 158 valence electrons. The first-order valence-electron chi connectivity index (χ1n) is 10.8. The Balaban J connectivity index is 1.28. The summed E-state index contributed by atoms with van der Waals surface area (Å²) in [5.74, 6) is 2.60. The molecule has 1 aliphatic rings. The monoisotopic (exact) mass is 413 g/mol. The molecule has 6 heteroatoms. The van der Waals surface area contributed by atoms with E-state index in [1.54, 1.807) is 0 Å². The van der Waals surface area contributed by atoms with E-state index in [0.717, 1.165) is 66.9 Å². The van der Waals surface area contributed by atoms with Crippen molar-refractivity contribution in [2.24, 2.45) is 0 Å². The van der Waals surface area contributed by atoms with E-state index in [1.807, 2.05) is 27.0 Å². The summed E-state index contributed by atoms with van der Waals surface area (Å²) in [5.41, 5.74) is 3.99. The lowest BCUT2D eigenvalue weighted by atomic mass is 10.1. The number of nitrogens with zero attached hydrogens (tertiary/aromatic N) is 5. The summed E-state index contributed by atoms with van der Waals surface area (Å²) in [7, 11) is 0. The third-order valence-electron chi connectivity index (χ3n) is 5.99. The van der Waals surface area contributed by atoms with E-state index < -0.39 is 0 Å². The quantitative estimate of drug-likeness (QED) is 0.490. The minimum absolute atomic E-state index is 0.697. The van der Waals surface area contributed by atoms with Crippen LogP contribution in [0.15, 0.2) is 53.1 Å². The lowest BCUT2D eigenvalue weighted by molar-refractivity contribution is 0.245. The van der Waals surface area contributed by atoms with E-state index in [4.69, 9.17) is 14.4 Å². The van der Waals surface area contributed by atoms with Crippen molar-refractivity contribution in [3.8, 4) is 11.5 Å². The number of aromatic nitrogens is 3. The number of oxazole rings is 1. The van der Waals surface area contributed by atoms with Crippen LogP contribution >= 0.6 is 0 Å². The number of hydrogen-bond acceptors (Lipinski definition) is 6. The van der Waals surface area contributed by atoms with Gasteiger partial charge in [-0.1, -0.05) is 30.3 Å². The maximum atomic E-state index is 6.04. The summed E-state index contributed by atoms with van der Waals surface area (Å²) < 4.78 is 6.04. The Kier molecular flexibility index (Phi) is 5.16. The zero-order chi connectivity index (χ0) is 21.4. The minimum Gasteiger partial charge on any atom is -0.441 e. The maximum Gasteiger partial charge on any atom is 0.226 e. The zero-order valence-corrected chi connectivity index (χ0v) is 18.3. The number of anilines is 1. The third-order valence-corrected chi connectivity index (χ3v) is 5.99. The molecule has 6 nitrogen and oxygen atoms in total. The lowest BCUT2D eigenvalue weighted by Crippen LogP contribution is -2.46. The Morgan fingerprint density at radius 2 is 1.68 bits per heavy atom. The molecule has 5 rings (SSSR count). The van der Waals surface area contributed by atoms with Crippen LogP contribution in [0, 0.1) is 20.8 Å². The molecule has 1 saturated heterocycles. The Morgan fingerprint density at radius 1 is 0.903 bits per heavy atom. The highest BCUT2D eigenvalue weighted by Crippen LogP contribution is 2.26. The van der Waals surface area contributed by atoms with Gasteiger partial charge in [-0.05, 0) is 43.7 Å². The van der Waals surface area contributed by atoms with Gasteiger partial charge >= 0.3 is 0 Å². The molecule has 2 aromatic heterocycles. The van der Waals surface area contributed by atoms with Crippen molar-refractivity contribution in [2.75, 3.05) is 31.1 Å². The van der Waals surface area contributed by atoms with Crippen molar-refractivity contribution in [3.05, 3.63) is 71.5 Å². The summed E-state index contributed by atoms with van der Waals surface area (Å²) in [5, 5.41) is 2.42. The number of benzene rings is 2. The zero-order valence-electron chi connectivity index (χ0n) is 18.3. The van der Waals surface area contributed by atoms with Gasteiger partial charge in [0.2, 0.25) is 5.89 Å². The second-order valence-corrected chi connectivity index (χ2v) is 8.27. The molecule has 31 heavy (non-hydrogen) atoms. The average Bonchev–Trinajstić information content (AvgIpc) is 3.16. The molecule has 0 radical (unpaired) electrons.